The minimum Gasteiger partial charge on any atom is -0.486 e. The third-order valence-corrected chi connectivity index (χ3v) is 4.07. The summed E-state index contributed by atoms with van der Waals surface area (Å²) in [7, 11) is 1.88. The van der Waals surface area contributed by atoms with Gasteiger partial charge in [0.05, 0.1) is 6.20 Å². The summed E-state index contributed by atoms with van der Waals surface area (Å²) in [6.07, 6.45) is 1.63. The van der Waals surface area contributed by atoms with E-state index in [0.29, 0.717) is 11.8 Å². The summed E-state index contributed by atoms with van der Waals surface area (Å²) >= 11 is 5.95. The van der Waals surface area contributed by atoms with Crippen LogP contribution in [0.3, 0.4) is 0 Å². The van der Waals surface area contributed by atoms with E-state index >= 15 is 0 Å². The van der Waals surface area contributed by atoms with Gasteiger partial charge in [-0.05, 0) is 24.3 Å². The van der Waals surface area contributed by atoms with Crippen molar-refractivity contribution in [3.8, 4) is 5.75 Å². The number of rotatable bonds is 4. The van der Waals surface area contributed by atoms with Gasteiger partial charge in [-0.15, -0.1) is 0 Å². The molecule has 2 aromatic rings. The standard InChI is InChI=1S/C15H19ClN4O/c1-19-14(16)10-18-15(19)11-21-13-4-2-12(3-5-13)20-8-6-17-7-9-20/h2-5,10,17H,6-9,11H2,1H3. The molecule has 0 unspecified atom stereocenters. The topological polar surface area (TPSA) is 42.3 Å². The minimum absolute atomic E-state index is 0.413. The largest absolute Gasteiger partial charge is 0.486 e. The van der Waals surface area contributed by atoms with E-state index in [2.05, 4.69) is 27.3 Å². The van der Waals surface area contributed by atoms with Crippen LogP contribution in [0.4, 0.5) is 5.69 Å². The predicted molar refractivity (Wildman–Crippen MR) is 84.1 cm³/mol. The van der Waals surface area contributed by atoms with Gasteiger partial charge in [0.25, 0.3) is 0 Å². The molecular weight excluding hydrogens is 288 g/mol. The Morgan fingerprint density at radius 3 is 2.57 bits per heavy atom. The molecule has 21 heavy (non-hydrogen) atoms. The molecule has 1 aliphatic rings. The Hall–Kier alpha value is -1.72. The van der Waals surface area contributed by atoms with Gasteiger partial charge in [-0.3, -0.25) is 0 Å². The molecule has 6 heteroatoms. The van der Waals surface area contributed by atoms with Crippen LogP contribution in [0.5, 0.6) is 5.75 Å². The number of aromatic nitrogens is 2. The predicted octanol–water partition coefficient (Wildman–Crippen LogP) is 2.06. The summed E-state index contributed by atoms with van der Waals surface area (Å²) in [5, 5.41) is 3.97. The summed E-state index contributed by atoms with van der Waals surface area (Å²) in [4.78, 5) is 6.59. The molecule has 0 aliphatic carbocycles. The number of piperazine rings is 1. The molecule has 1 aromatic carbocycles. The Labute approximate surface area is 129 Å². The van der Waals surface area contributed by atoms with E-state index in [1.165, 1.54) is 5.69 Å². The average molecular weight is 307 g/mol. The molecule has 3 rings (SSSR count). The van der Waals surface area contributed by atoms with Crippen LogP contribution in [0.15, 0.2) is 30.5 Å². The number of imidazole rings is 1. The molecule has 0 spiro atoms. The molecule has 0 atom stereocenters. The first-order valence-corrected chi connectivity index (χ1v) is 7.46. The molecule has 112 valence electrons. The molecule has 0 amide bonds. The summed E-state index contributed by atoms with van der Waals surface area (Å²) in [6, 6.07) is 8.21. The molecule has 1 aliphatic heterocycles. The number of halogens is 1. The normalized spacial score (nSPS) is 15.2. The molecular formula is C15H19ClN4O. The number of hydrogen-bond acceptors (Lipinski definition) is 4. The Balaban J connectivity index is 1.60. The first-order chi connectivity index (χ1) is 10.2. The maximum atomic E-state index is 5.95. The van der Waals surface area contributed by atoms with E-state index in [9.17, 15) is 0 Å². The van der Waals surface area contributed by atoms with E-state index in [0.717, 1.165) is 37.8 Å². The van der Waals surface area contributed by atoms with E-state index in [-0.39, 0.29) is 0 Å². The van der Waals surface area contributed by atoms with Crippen molar-refractivity contribution in [2.45, 2.75) is 6.61 Å². The van der Waals surface area contributed by atoms with Crippen LogP contribution in [0.25, 0.3) is 0 Å². The van der Waals surface area contributed by atoms with Crippen LogP contribution in [-0.4, -0.2) is 35.7 Å². The van der Waals surface area contributed by atoms with E-state index in [4.69, 9.17) is 16.3 Å². The molecule has 0 bridgehead atoms. The van der Waals surface area contributed by atoms with Crippen LogP contribution < -0.4 is 15.0 Å². The second kappa shape index (κ2) is 6.37. The monoisotopic (exact) mass is 306 g/mol. The Morgan fingerprint density at radius 1 is 1.24 bits per heavy atom. The zero-order valence-corrected chi connectivity index (χ0v) is 12.8. The Kier molecular flexibility index (Phi) is 4.31. The van der Waals surface area contributed by atoms with Crippen molar-refractivity contribution in [3.63, 3.8) is 0 Å². The van der Waals surface area contributed by atoms with Gasteiger partial charge in [0.2, 0.25) is 0 Å². The fraction of sp³-hybridized carbons (Fsp3) is 0.400. The summed E-state index contributed by atoms with van der Waals surface area (Å²) in [6.45, 7) is 4.59. The highest BCUT2D eigenvalue weighted by atomic mass is 35.5. The van der Waals surface area contributed by atoms with Gasteiger partial charge < -0.3 is 19.5 Å². The van der Waals surface area contributed by atoms with Crippen LogP contribution in [0.1, 0.15) is 5.82 Å². The molecule has 5 nitrogen and oxygen atoms in total. The maximum Gasteiger partial charge on any atom is 0.147 e. The first-order valence-electron chi connectivity index (χ1n) is 7.08. The van der Waals surface area contributed by atoms with Crippen molar-refractivity contribution in [1.29, 1.82) is 0 Å². The van der Waals surface area contributed by atoms with Gasteiger partial charge in [-0.2, -0.15) is 0 Å². The molecule has 2 heterocycles. The number of nitrogens with zero attached hydrogens (tertiary/aromatic N) is 3. The highest BCUT2D eigenvalue weighted by Gasteiger charge is 2.10. The average Bonchev–Trinajstić information content (AvgIpc) is 2.86. The molecule has 1 fully saturated rings. The van der Waals surface area contributed by atoms with Gasteiger partial charge in [0, 0.05) is 38.9 Å². The third kappa shape index (κ3) is 3.31. The van der Waals surface area contributed by atoms with Crippen molar-refractivity contribution in [1.82, 2.24) is 14.9 Å². The highest BCUT2D eigenvalue weighted by molar-refractivity contribution is 6.29. The minimum atomic E-state index is 0.413. The number of ether oxygens (including phenoxy) is 1. The zero-order chi connectivity index (χ0) is 14.7. The lowest BCUT2D eigenvalue weighted by Crippen LogP contribution is -2.43. The molecule has 1 saturated heterocycles. The second-order valence-electron chi connectivity index (χ2n) is 5.08. The number of hydrogen-bond donors (Lipinski definition) is 1. The Bertz CT molecular complexity index is 590. The lowest BCUT2D eigenvalue weighted by molar-refractivity contribution is 0.292. The Morgan fingerprint density at radius 2 is 1.95 bits per heavy atom. The van der Waals surface area contributed by atoms with Crippen molar-refractivity contribution in [2.75, 3.05) is 31.1 Å². The first kappa shape index (κ1) is 14.2. The van der Waals surface area contributed by atoms with Crippen molar-refractivity contribution < 1.29 is 4.74 Å². The zero-order valence-electron chi connectivity index (χ0n) is 12.1. The van der Waals surface area contributed by atoms with Gasteiger partial charge >= 0.3 is 0 Å². The molecule has 1 N–H and O–H groups in total. The summed E-state index contributed by atoms with van der Waals surface area (Å²) in [5.74, 6) is 1.65. The lowest BCUT2D eigenvalue weighted by Gasteiger charge is -2.29. The number of benzene rings is 1. The molecule has 0 saturated carbocycles. The van der Waals surface area contributed by atoms with Crippen LogP contribution in [-0.2, 0) is 13.7 Å². The molecule has 0 radical (unpaired) electrons. The fourth-order valence-corrected chi connectivity index (χ4v) is 2.53. The second-order valence-corrected chi connectivity index (χ2v) is 5.46. The van der Waals surface area contributed by atoms with Gasteiger partial charge in [-0.25, -0.2) is 4.98 Å². The van der Waals surface area contributed by atoms with Crippen molar-refractivity contribution >= 4 is 17.3 Å². The summed E-state index contributed by atoms with van der Waals surface area (Å²) in [5.41, 5.74) is 1.24. The lowest BCUT2D eigenvalue weighted by atomic mass is 10.2. The van der Waals surface area contributed by atoms with Crippen LogP contribution in [0, 0.1) is 0 Å². The van der Waals surface area contributed by atoms with Gasteiger partial charge in [0.1, 0.15) is 23.3 Å². The van der Waals surface area contributed by atoms with Crippen LogP contribution in [0.2, 0.25) is 5.15 Å². The maximum absolute atomic E-state index is 5.95. The fourth-order valence-electron chi connectivity index (χ4n) is 2.38. The van der Waals surface area contributed by atoms with Crippen LogP contribution >= 0.6 is 11.6 Å². The van der Waals surface area contributed by atoms with Crippen molar-refractivity contribution in [3.05, 3.63) is 41.4 Å². The number of nitrogens with one attached hydrogen (secondary N) is 1. The summed E-state index contributed by atoms with van der Waals surface area (Å²) < 4.78 is 7.57. The molecule has 1 aromatic heterocycles. The third-order valence-electron chi connectivity index (χ3n) is 3.71. The SMILES string of the molecule is Cn1c(Cl)cnc1COc1ccc(N2CCNCC2)cc1. The smallest absolute Gasteiger partial charge is 0.147 e. The highest BCUT2D eigenvalue weighted by Crippen LogP contribution is 2.20. The van der Waals surface area contributed by atoms with Crippen molar-refractivity contribution in [2.24, 2.45) is 7.05 Å². The quantitative estimate of drug-likeness (QED) is 0.939. The van der Waals surface area contributed by atoms with Gasteiger partial charge in [0.15, 0.2) is 0 Å². The van der Waals surface area contributed by atoms with E-state index in [1.807, 2.05) is 23.7 Å². The number of anilines is 1. The van der Waals surface area contributed by atoms with E-state index in [1.54, 1.807) is 6.20 Å². The van der Waals surface area contributed by atoms with E-state index < -0.39 is 0 Å². The van der Waals surface area contributed by atoms with Gasteiger partial charge in [-0.1, -0.05) is 11.6 Å².